The highest BCUT2D eigenvalue weighted by Gasteiger charge is 2.14. The van der Waals surface area contributed by atoms with Gasteiger partial charge < -0.3 is 5.32 Å². The van der Waals surface area contributed by atoms with E-state index in [1.807, 2.05) is 0 Å². The Morgan fingerprint density at radius 2 is 1.82 bits per heavy atom. The summed E-state index contributed by atoms with van der Waals surface area (Å²) in [6.45, 7) is 3.39. The normalized spacial score (nSPS) is 18.3. The second-order valence-corrected chi connectivity index (χ2v) is 4.93. The van der Waals surface area contributed by atoms with Gasteiger partial charge in [0.25, 0.3) is 0 Å². The number of fused-ring (bicyclic) bond motifs is 1. The first-order chi connectivity index (χ1) is 8.33. The summed E-state index contributed by atoms with van der Waals surface area (Å²) in [6, 6.07) is 17.3. The van der Waals surface area contributed by atoms with Crippen LogP contribution in [0.15, 0.2) is 48.5 Å². The molecule has 1 heteroatoms. The largest absolute Gasteiger partial charge is 0.385 e. The maximum atomic E-state index is 3.49. The monoisotopic (exact) mass is 223 g/mol. The zero-order chi connectivity index (χ0) is 11.7. The van der Waals surface area contributed by atoms with Gasteiger partial charge >= 0.3 is 0 Å². The fourth-order valence-electron chi connectivity index (χ4n) is 2.48. The lowest BCUT2D eigenvalue weighted by molar-refractivity contribution is 0.595. The van der Waals surface area contributed by atoms with Crippen molar-refractivity contribution in [2.24, 2.45) is 5.92 Å². The molecule has 2 aromatic carbocycles. The topological polar surface area (TPSA) is 12.0 Å². The highest BCUT2D eigenvalue weighted by Crippen LogP contribution is 2.29. The van der Waals surface area contributed by atoms with E-state index >= 15 is 0 Å². The number of hydrogen-bond acceptors (Lipinski definition) is 1. The molecule has 1 unspecified atom stereocenters. The Labute approximate surface area is 102 Å². The van der Waals surface area contributed by atoms with Crippen LogP contribution in [0.4, 0.5) is 5.69 Å². The smallest absolute Gasteiger partial charge is 0.0373 e. The Balaban J connectivity index is 2.01. The van der Waals surface area contributed by atoms with E-state index in [1.54, 1.807) is 0 Å². The van der Waals surface area contributed by atoms with Gasteiger partial charge in [-0.25, -0.2) is 0 Å². The van der Waals surface area contributed by atoms with Crippen molar-refractivity contribution >= 4 is 5.69 Å². The van der Waals surface area contributed by atoms with Gasteiger partial charge in [0, 0.05) is 12.2 Å². The Morgan fingerprint density at radius 1 is 1.00 bits per heavy atom. The minimum absolute atomic E-state index is 0.730. The lowest BCUT2D eigenvalue weighted by atomic mass is 9.92. The molecular formula is C16H17N. The highest BCUT2D eigenvalue weighted by atomic mass is 14.9. The van der Waals surface area contributed by atoms with Crippen LogP contribution in [-0.2, 0) is 6.42 Å². The van der Waals surface area contributed by atoms with Crippen LogP contribution in [0.5, 0.6) is 0 Å². The average molecular weight is 223 g/mol. The lowest BCUT2D eigenvalue weighted by Crippen LogP contribution is -2.20. The van der Waals surface area contributed by atoms with Crippen molar-refractivity contribution in [2.45, 2.75) is 13.3 Å². The summed E-state index contributed by atoms with van der Waals surface area (Å²) in [7, 11) is 0. The Morgan fingerprint density at radius 3 is 2.65 bits per heavy atom. The fourth-order valence-corrected chi connectivity index (χ4v) is 2.48. The zero-order valence-electron chi connectivity index (χ0n) is 10.1. The van der Waals surface area contributed by atoms with Gasteiger partial charge in [-0.1, -0.05) is 43.3 Å². The Kier molecular flexibility index (Phi) is 2.60. The van der Waals surface area contributed by atoms with Crippen LogP contribution in [0.2, 0.25) is 0 Å². The Hall–Kier alpha value is -1.76. The third-order valence-electron chi connectivity index (χ3n) is 3.42. The molecule has 1 heterocycles. The van der Waals surface area contributed by atoms with E-state index in [0.717, 1.165) is 12.5 Å². The van der Waals surface area contributed by atoms with E-state index in [4.69, 9.17) is 0 Å². The summed E-state index contributed by atoms with van der Waals surface area (Å²) in [6.07, 6.45) is 1.18. The van der Waals surface area contributed by atoms with E-state index in [1.165, 1.54) is 28.8 Å². The summed E-state index contributed by atoms with van der Waals surface area (Å²) in [4.78, 5) is 0. The zero-order valence-corrected chi connectivity index (χ0v) is 10.1. The third-order valence-corrected chi connectivity index (χ3v) is 3.42. The number of hydrogen-bond donors (Lipinski definition) is 1. The van der Waals surface area contributed by atoms with Gasteiger partial charge in [0.05, 0.1) is 0 Å². The molecule has 0 amide bonds. The van der Waals surface area contributed by atoms with Gasteiger partial charge in [-0.3, -0.25) is 0 Å². The molecule has 0 bridgehead atoms. The molecule has 0 spiro atoms. The van der Waals surface area contributed by atoms with E-state index in [2.05, 4.69) is 60.8 Å². The maximum absolute atomic E-state index is 3.49. The first-order valence-corrected chi connectivity index (χ1v) is 6.25. The summed E-state index contributed by atoms with van der Waals surface area (Å²) >= 11 is 0. The maximum Gasteiger partial charge on any atom is 0.0373 e. The molecular weight excluding hydrogens is 206 g/mol. The summed E-state index contributed by atoms with van der Waals surface area (Å²) in [5.74, 6) is 0.730. The molecule has 86 valence electrons. The number of benzene rings is 2. The molecule has 0 aromatic heterocycles. The summed E-state index contributed by atoms with van der Waals surface area (Å²) in [5, 5.41) is 3.49. The van der Waals surface area contributed by atoms with Gasteiger partial charge in [-0.05, 0) is 41.2 Å². The summed E-state index contributed by atoms with van der Waals surface area (Å²) in [5.41, 5.74) is 5.38. The summed E-state index contributed by atoms with van der Waals surface area (Å²) < 4.78 is 0. The molecule has 0 aliphatic carbocycles. The first kappa shape index (κ1) is 10.4. The second-order valence-electron chi connectivity index (χ2n) is 4.93. The van der Waals surface area contributed by atoms with E-state index in [9.17, 15) is 0 Å². The van der Waals surface area contributed by atoms with Crippen molar-refractivity contribution < 1.29 is 0 Å². The van der Waals surface area contributed by atoms with Gasteiger partial charge in [0.2, 0.25) is 0 Å². The number of rotatable bonds is 1. The predicted octanol–water partition coefficient (Wildman–Crippen LogP) is 3.96. The van der Waals surface area contributed by atoms with Crippen LogP contribution in [-0.4, -0.2) is 6.54 Å². The SMILES string of the molecule is CC1CNc2ccc(-c3ccccc3)cc2C1. The molecule has 1 N–H and O–H groups in total. The first-order valence-electron chi connectivity index (χ1n) is 6.25. The Bertz CT molecular complexity index is 516. The van der Waals surface area contributed by atoms with Gasteiger partial charge in [0.15, 0.2) is 0 Å². The third kappa shape index (κ3) is 2.05. The van der Waals surface area contributed by atoms with E-state index in [0.29, 0.717) is 0 Å². The van der Waals surface area contributed by atoms with Crippen molar-refractivity contribution in [2.75, 3.05) is 11.9 Å². The quantitative estimate of drug-likeness (QED) is 0.771. The van der Waals surface area contributed by atoms with Gasteiger partial charge in [0.1, 0.15) is 0 Å². The molecule has 1 nitrogen and oxygen atoms in total. The van der Waals surface area contributed by atoms with Crippen LogP contribution >= 0.6 is 0 Å². The van der Waals surface area contributed by atoms with Crippen LogP contribution in [0.25, 0.3) is 11.1 Å². The van der Waals surface area contributed by atoms with Crippen molar-refractivity contribution in [3.63, 3.8) is 0 Å². The molecule has 0 saturated carbocycles. The molecule has 1 atom stereocenters. The molecule has 1 aliphatic heterocycles. The molecule has 3 rings (SSSR count). The van der Waals surface area contributed by atoms with E-state index in [-0.39, 0.29) is 0 Å². The highest BCUT2D eigenvalue weighted by molar-refractivity contribution is 5.69. The number of nitrogens with one attached hydrogen (secondary N) is 1. The average Bonchev–Trinajstić information content (AvgIpc) is 2.39. The van der Waals surface area contributed by atoms with Crippen LogP contribution in [0.3, 0.4) is 0 Å². The number of anilines is 1. The van der Waals surface area contributed by atoms with Crippen molar-refractivity contribution in [1.29, 1.82) is 0 Å². The van der Waals surface area contributed by atoms with Crippen LogP contribution < -0.4 is 5.32 Å². The second kappa shape index (κ2) is 4.25. The van der Waals surface area contributed by atoms with Crippen LogP contribution in [0, 0.1) is 5.92 Å². The minimum Gasteiger partial charge on any atom is -0.385 e. The molecule has 2 aromatic rings. The lowest BCUT2D eigenvalue weighted by Gasteiger charge is -2.24. The molecule has 0 radical (unpaired) electrons. The molecule has 0 fully saturated rings. The molecule has 1 aliphatic rings. The van der Waals surface area contributed by atoms with E-state index < -0.39 is 0 Å². The van der Waals surface area contributed by atoms with Gasteiger partial charge in [-0.15, -0.1) is 0 Å². The van der Waals surface area contributed by atoms with Crippen molar-refractivity contribution in [1.82, 2.24) is 0 Å². The predicted molar refractivity (Wildman–Crippen MR) is 73.2 cm³/mol. The van der Waals surface area contributed by atoms with Crippen molar-refractivity contribution in [3.05, 3.63) is 54.1 Å². The molecule has 17 heavy (non-hydrogen) atoms. The van der Waals surface area contributed by atoms with Gasteiger partial charge in [-0.2, -0.15) is 0 Å². The minimum atomic E-state index is 0.730. The molecule has 0 saturated heterocycles. The fraction of sp³-hybridized carbons (Fsp3) is 0.250. The standard InChI is InChI=1S/C16H17N/c1-12-9-15-10-14(7-8-16(15)17-11-12)13-5-3-2-4-6-13/h2-8,10,12,17H,9,11H2,1H3. The van der Waals surface area contributed by atoms with Crippen molar-refractivity contribution in [3.8, 4) is 11.1 Å². The van der Waals surface area contributed by atoms with Crippen LogP contribution in [0.1, 0.15) is 12.5 Å².